The van der Waals surface area contributed by atoms with Crippen molar-refractivity contribution in [1.29, 1.82) is 0 Å². The van der Waals surface area contributed by atoms with Crippen molar-refractivity contribution in [3.63, 3.8) is 0 Å². The van der Waals surface area contributed by atoms with Gasteiger partial charge in [0.2, 0.25) is 0 Å². The van der Waals surface area contributed by atoms with Crippen molar-refractivity contribution in [3.8, 4) is 0 Å². The molecule has 1 heterocycles. The van der Waals surface area contributed by atoms with Crippen LogP contribution in [0.2, 0.25) is 0 Å². The van der Waals surface area contributed by atoms with Crippen molar-refractivity contribution in [1.82, 2.24) is 10.2 Å². The molecule has 6 nitrogen and oxygen atoms in total. The van der Waals surface area contributed by atoms with Gasteiger partial charge in [0.05, 0.1) is 6.04 Å². The zero-order valence-electron chi connectivity index (χ0n) is 11.7. The molecule has 1 aliphatic heterocycles. The molecule has 0 fully saturated rings. The highest BCUT2D eigenvalue weighted by Gasteiger charge is 2.27. The van der Waals surface area contributed by atoms with Crippen LogP contribution in [0.15, 0.2) is 18.2 Å². The number of carbonyl (C=O) groups is 2. The highest BCUT2D eigenvalue weighted by Crippen LogP contribution is 2.22. The van der Waals surface area contributed by atoms with Crippen molar-refractivity contribution >= 4 is 17.7 Å². The fourth-order valence-corrected chi connectivity index (χ4v) is 2.44. The molecule has 2 amide bonds. The zero-order valence-corrected chi connectivity index (χ0v) is 11.7. The maximum Gasteiger partial charge on any atom is 0.405 e. The predicted molar refractivity (Wildman–Crippen MR) is 76.5 cm³/mol. The Morgan fingerprint density at radius 2 is 2.29 bits per heavy atom. The van der Waals surface area contributed by atoms with Crippen LogP contribution in [-0.2, 0) is 6.42 Å². The molecule has 0 unspecified atom stereocenters. The normalized spacial score (nSPS) is 15.3. The molecular weight excluding hydrogens is 277 g/mol. The molecule has 0 radical (unpaired) electrons. The third-order valence-electron chi connectivity index (χ3n) is 3.52. The summed E-state index contributed by atoms with van der Waals surface area (Å²) < 4.78 is 12.8. The summed E-state index contributed by atoms with van der Waals surface area (Å²) in [5, 5.41) is 13.7. The van der Waals surface area contributed by atoms with E-state index in [2.05, 4.69) is 10.6 Å². The van der Waals surface area contributed by atoms with Crippen LogP contribution in [0.25, 0.3) is 0 Å². The van der Waals surface area contributed by atoms with Crippen LogP contribution in [0.5, 0.6) is 0 Å². The highest BCUT2D eigenvalue weighted by atomic mass is 19.1. The number of alkyl halides is 1. The molecule has 0 bridgehead atoms. The Bertz CT molecular complexity index is 550. The quantitative estimate of drug-likeness (QED) is 0.765. The van der Waals surface area contributed by atoms with Crippen molar-refractivity contribution in [2.75, 3.05) is 32.1 Å². The second-order valence-corrected chi connectivity index (χ2v) is 4.92. The molecule has 0 saturated carbocycles. The number of anilines is 1. The van der Waals surface area contributed by atoms with Crippen molar-refractivity contribution in [2.45, 2.75) is 12.5 Å². The molecule has 114 valence electrons. The summed E-state index contributed by atoms with van der Waals surface area (Å²) in [7, 11) is 1.81. The van der Waals surface area contributed by atoms with Gasteiger partial charge in [-0.25, -0.2) is 9.18 Å². The summed E-state index contributed by atoms with van der Waals surface area (Å²) in [6.07, 6.45) is -0.621. The van der Waals surface area contributed by atoms with E-state index in [1.807, 2.05) is 19.2 Å². The number of carbonyl (C=O) groups excluding carboxylic acids is 1. The van der Waals surface area contributed by atoms with Gasteiger partial charge in [-0.1, -0.05) is 0 Å². The molecule has 21 heavy (non-hydrogen) atoms. The second kappa shape index (κ2) is 6.43. The fraction of sp³-hybridized carbons (Fsp3) is 0.429. The lowest BCUT2D eigenvalue weighted by Gasteiger charge is -2.31. The van der Waals surface area contributed by atoms with Gasteiger partial charge in [-0.15, -0.1) is 0 Å². The molecule has 3 N–H and O–H groups in total. The maximum absolute atomic E-state index is 12.8. The van der Waals surface area contributed by atoms with Crippen molar-refractivity contribution < 1.29 is 19.1 Å². The summed E-state index contributed by atoms with van der Waals surface area (Å²) in [5.74, 6) is -0.190. The molecule has 1 aliphatic rings. The van der Waals surface area contributed by atoms with Crippen LogP contribution < -0.4 is 10.6 Å². The van der Waals surface area contributed by atoms with E-state index in [0.717, 1.165) is 11.3 Å². The van der Waals surface area contributed by atoms with E-state index in [4.69, 9.17) is 5.11 Å². The molecule has 2 rings (SSSR count). The van der Waals surface area contributed by atoms with Crippen LogP contribution in [-0.4, -0.2) is 54.9 Å². The largest absolute Gasteiger partial charge is 0.465 e. The number of hydrogen-bond donors (Lipinski definition) is 3. The van der Waals surface area contributed by atoms with Gasteiger partial charge in [0.1, 0.15) is 6.67 Å². The highest BCUT2D eigenvalue weighted by molar-refractivity contribution is 5.97. The number of nitrogens with zero attached hydrogens (tertiary/aromatic N) is 1. The lowest BCUT2D eigenvalue weighted by atomic mass is 9.98. The van der Waals surface area contributed by atoms with Gasteiger partial charge in [0.25, 0.3) is 5.91 Å². The third kappa shape index (κ3) is 3.42. The summed E-state index contributed by atoms with van der Waals surface area (Å²) in [6.45, 7) is -0.354. The smallest absolute Gasteiger partial charge is 0.405 e. The average Bonchev–Trinajstić information content (AvgIpc) is 2.48. The lowest BCUT2D eigenvalue weighted by molar-refractivity contribution is 0.0713. The van der Waals surface area contributed by atoms with E-state index in [1.54, 1.807) is 6.07 Å². The van der Waals surface area contributed by atoms with Crippen LogP contribution in [0.4, 0.5) is 14.9 Å². The van der Waals surface area contributed by atoms with Gasteiger partial charge in [-0.05, 0) is 30.2 Å². The molecule has 7 heteroatoms. The van der Waals surface area contributed by atoms with Gasteiger partial charge in [-0.3, -0.25) is 4.79 Å². The van der Waals surface area contributed by atoms with Gasteiger partial charge in [0.15, 0.2) is 0 Å². The van der Waals surface area contributed by atoms with Crippen LogP contribution in [0, 0.1) is 0 Å². The lowest BCUT2D eigenvalue weighted by Crippen LogP contribution is -2.48. The van der Waals surface area contributed by atoms with Crippen molar-refractivity contribution in [3.05, 3.63) is 29.3 Å². The van der Waals surface area contributed by atoms with E-state index in [-0.39, 0.29) is 12.5 Å². The number of fused-ring (bicyclic) bond motifs is 1. The Morgan fingerprint density at radius 3 is 2.90 bits per heavy atom. The Labute approximate surface area is 121 Å². The summed E-state index contributed by atoms with van der Waals surface area (Å²) >= 11 is 0. The number of hydrogen-bond acceptors (Lipinski definition) is 3. The van der Waals surface area contributed by atoms with Gasteiger partial charge < -0.3 is 20.6 Å². The van der Waals surface area contributed by atoms with E-state index in [1.165, 1.54) is 4.90 Å². The molecule has 0 spiro atoms. The number of carboxylic acid groups (broad SMARTS) is 1. The standard InChI is InChI=1S/C14H18FN3O3/c1-16-10-2-3-12-9(6-10)4-5-18(13(12)19)8-11(7-15)17-14(20)21/h2-3,6,11,16-17H,4-5,7-8H2,1H3,(H,20,21)/t11-/m1/s1. The maximum atomic E-state index is 12.8. The first-order chi connectivity index (χ1) is 10.0. The summed E-state index contributed by atoms with van der Waals surface area (Å²) in [6, 6.07) is 4.57. The Morgan fingerprint density at radius 1 is 1.52 bits per heavy atom. The fourth-order valence-electron chi connectivity index (χ4n) is 2.44. The molecule has 0 aromatic heterocycles. The number of amides is 2. The van der Waals surface area contributed by atoms with Crippen molar-refractivity contribution in [2.24, 2.45) is 0 Å². The minimum atomic E-state index is -1.29. The molecule has 0 saturated heterocycles. The first kappa shape index (κ1) is 15.1. The van der Waals surface area contributed by atoms with E-state index >= 15 is 0 Å². The predicted octanol–water partition coefficient (Wildman–Crippen LogP) is 1.33. The van der Waals surface area contributed by atoms with Gasteiger partial charge >= 0.3 is 6.09 Å². The Kier molecular flexibility index (Phi) is 4.62. The molecule has 0 aliphatic carbocycles. The molecule has 1 aromatic rings. The second-order valence-electron chi connectivity index (χ2n) is 4.92. The topological polar surface area (TPSA) is 81.7 Å². The number of benzene rings is 1. The molecule has 1 atom stereocenters. The van der Waals surface area contributed by atoms with Crippen LogP contribution in [0.3, 0.4) is 0 Å². The Balaban J connectivity index is 2.11. The first-order valence-corrected chi connectivity index (χ1v) is 6.70. The molecule has 1 aromatic carbocycles. The van der Waals surface area contributed by atoms with E-state index in [9.17, 15) is 14.0 Å². The van der Waals surface area contributed by atoms with Crippen LogP contribution in [0.1, 0.15) is 15.9 Å². The van der Waals surface area contributed by atoms with Gasteiger partial charge in [-0.2, -0.15) is 0 Å². The summed E-state index contributed by atoms with van der Waals surface area (Å²) in [5.41, 5.74) is 2.48. The number of halogens is 1. The number of nitrogens with one attached hydrogen (secondary N) is 2. The van der Waals surface area contributed by atoms with E-state index < -0.39 is 18.8 Å². The average molecular weight is 295 g/mol. The number of rotatable bonds is 5. The van der Waals surface area contributed by atoms with Gasteiger partial charge in [0, 0.05) is 31.4 Å². The summed E-state index contributed by atoms with van der Waals surface area (Å²) in [4.78, 5) is 24.4. The van der Waals surface area contributed by atoms with Crippen LogP contribution >= 0.6 is 0 Å². The monoisotopic (exact) mass is 295 g/mol. The first-order valence-electron chi connectivity index (χ1n) is 6.70. The Hall–Kier alpha value is -2.31. The molecular formula is C14H18FN3O3. The minimum Gasteiger partial charge on any atom is -0.465 e. The zero-order chi connectivity index (χ0) is 15.4. The third-order valence-corrected chi connectivity index (χ3v) is 3.52. The van der Waals surface area contributed by atoms with E-state index in [0.29, 0.717) is 18.5 Å². The minimum absolute atomic E-state index is 0.0366. The SMILES string of the molecule is CNc1ccc2c(c1)CCN(C[C@@H](CF)NC(=O)O)C2=O.